The van der Waals surface area contributed by atoms with Gasteiger partial charge in [-0.1, -0.05) is 0 Å². The van der Waals surface area contributed by atoms with Gasteiger partial charge in [-0.2, -0.15) is 0 Å². The molecule has 0 saturated carbocycles. The Bertz CT molecular complexity index is 163. The van der Waals surface area contributed by atoms with E-state index in [1.165, 1.54) is 14.2 Å². The standard InChI is InChI=1S/C6H16N2O4Si/c1-10-6(11-2,4-12-13)3-8-5(7)9/h3-4H2,1-2,13H3,(H3,7,8,9). The first kappa shape index (κ1) is 12.4. The molecule has 0 aromatic carbocycles. The van der Waals surface area contributed by atoms with Crippen LogP contribution < -0.4 is 11.1 Å². The third-order valence-electron chi connectivity index (χ3n) is 1.64. The number of carbonyl (C=O) groups excluding carboxylic acids is 1. The van der Waals surface area contributed by atoms with Crippen molar-refractivity contribution in [1.82, 2.24) is 5.32 Å². The largest absolute Gasteiger partial charge is 0.422 e. The van der Waals surface area contributed by atoms with Crippen molar-refractivity contribution in [3.63, 3.8) is 0 Å². The van der Waals surface area contributed by atoms with Crippen molar-refractivity contribution in [1.29, 1.82) is 0 Å². The highest BCUT2D eigenvalue weighted by Gasteiger charge is 2.29. The Labute approximate surface area is 80.3 Å². The second kappa shape index (κ2) is 5.92. The number of ether oxygens (including phenoxy) is 2. The van der Waals surface area contributed by atoms with Gasteiger partial charge in [0, 0.05) is 14.2 Å². The van der Waals surface area contributed by atoms with Crippen molar-refractivity contribution in [2.45, 2.75) is 5.79 Å². The lowest BCUT2D eigenvalue weighted by molar-refractivity contribution is -0.216. The Morgan fingerprint density at radius 1 is 1.54 bits per heavy atom. The topological polar surface area (TPSA) is 82.8 Å². The first-order valence-corrected chi connectivity index (χ1v) is 4.54. The maximum atomic E-state index is 10.4. The zero-order valence-electron chi connectivity index (χ0n) is 8.12. The minimum Gasteiger partial charge on any atom is -0.422 e. The predicted octanol–water partition coefficient (Wildman–Crippen LogP) is -2.06. The summed E-state index contributed by atoms with van der Waals surface area (Å²) in [6.45, 7) is 0.435. The van der Waals surface area contributed by atoms with Crippen LogP contribution in [0.25, 0.3) is 0 Å². The molecule has 0 aliphatic rings. The van der Waals surface area contributed by atoms with Crippen molar-refractivity contribution in [2.75, 3.05) is 27.4 Å². The summed E-state index contributed by atoms with van der Waals surface area (Å²) in [5, 5.41) is 2.40. The van der Waals surface area contributed by atoms with E-state index in [4.69, 9.17) is 19.6 Å². The molecule has 78 valence electrons. The Morgan fingerprint density at radius 2 is 2.08 bits per heavy atom. The van der Waals surface area contributed by atoms with Crippen LogP contribution in [0.4, 0.5) is 4.79 Å². The summed E-state index contributed by atoms with van der Waals surface area (Å²) in [6.07, 6.45) is 0. The molecule has 0 saturated heterocycles. The fourth-order valence-electron chi connectivity index (χ4n) is 0.838. The zero-order chi connectivity index (χ0) is 10.3. The van der Waals surface area contributed by atoms with Gasteiger partial charge >= 0.3 is 6.03 Å². The molecular weight excluding hydrogens is 192 g/mol. The summed E-state index contributed by atoms with van der Waals surface area (Å²) >= 11 is 0. The summed E-state index contributed by atoms with van der Waals surface area (Å²) in [5.74, 6) is -0.934. The summed E-state index contributed by atoms with van der Waals surface area (Å²) in [7, 11) is 3.54. The molecule has 6 nitrogen and oxygen atoms in total. The molecule has 13 heavy (non-hydrogen) atoms. The van der Waals surface area contributed by atoms with Gasteiger partial charge in [-0.15, -0.1) is 0 Å². The van der Waals surface area contributed by atoms with Gasteiger partial charge in [0.1, 0.15) is 10.5 Å². The number of amides is 2. The minimum atomic E-state index is -0.934. The lowest BCUT2D eigenvalue weighted by atomic mass is 10.3. The van der Waals surface area contributed by atoms with Gasteiger partial charge in [0.05, 0.1) is 13.2 Å². The normalized spacial score (nSPS) is 11.5. The molecule has 0 unspecified atom stereocenters. The van der Waals surface area contributed by atoms with Crippen LogP contribution in [0.2, 0.25) is 0 Å². The van der Waals surface area contributed by atoms with E-state index in [1.54, 1.807) is 0 Å². The van der Waals surface area contributed by atoms with Crippen LogP contribution in [-0.4, -0.2) is 49.7 Å². The van der Waals surface area contributed by atoms with Crippen molar-refractivity contribution >= 4 is 16.5 Å². The van der Waals surface area contributed by atoms with Gasteiger partial charge in [-0.25, -0.2) is 4.79 Å². The maximum absolute atomic E-state index is 10.4. The van der Waals surface area contributed by atoms with E-state index in [0.29, 0.717) is 10.5 Å². The van der Waals surface area contributed by atoms with Crippen LogP contribution in [-0.2, 0) is 13.9 Å². The second-order valence-corrected chi connectivity index (χ2v) is 3.05. The van der Waals surface area contributed by atoms with E-state index in [2.05, 4.69) is 5.32 Å². The van der Waals surface area contributed by atoms with Crippen molar-refractivity contribution in [2.24, 2.45) is 5.73 Å². The first-order valence-electron chi connectivity index (χ1n) is 3.73. The number of nitrogens with two attached hydrogens (primary N) is 1. The van der Waals surface area contributed by atoms with Crippen LogP contribution in [0, 0.1) is 0 Å². The van der Waals surface area contributed by atoms with Crippen molar-refractivity contribution in [3.8, 4) is 0 Å². The number of carbonyl (C=O) groups is 1. The van der Waals surface area contributed by atoms with E-state index in [1.807, 2.05) is 0 Å². The molecule has 0 rings (SSSR count). The first-order chi connectivity index (χ1) is 6.10. The zero-order valence-corrected chi connectivity index (χ0v) is 10.1. The third-order valence-corrected chi connectivity index (χ3v) is 1.93. The van der Waals surface area contributed by atoms with Gasteiger partial charge in [-0.3, -0.25) is 0 Å². The van der Waals surface area contributed by atoms with Crippen LogP contribution >= 0.6 is 0 Å². The van der Waals surface area contributed by atoms with E-state index in [-0.39, 0.29) is 13.2 Å². The highest BCUT2D eigenvalue weighted by molar-refractivity contribution is 5.97. The quantitative estimate of drug-likeness (QED) is 0.388. The smallest absolute Gasteiger partial charge is 0.312 e. The molecule has 0 fully saturated rings. The average Bonchev–Trinajstić information content (AvgIpc) is 2.12. The average molecular weight is 208 g/mol. The molecule has 0 aliphatic carbocycles. The summed E-state index contributed by atoms with van der Waals surface area (Å²) in [6, 6.07) is -0.619. The number of rotatable bonds is 6. The van der Waals surface area contributed by atoms with E-state index in [0.717, 1.165) is 0 Å². The van der Waals surface area contributed by atoms with Gasteiger partial charge in [0.25, 0.3) is 0 Å². The number of methoxy groups -OCH3 is 2. The number of hydrogen-bond donors (Lipinski definition) is 2. The summed E-state index contributed by atoms with van der Waals surface area (Å²) in [5.41, 5.74) is 4.91. The van der Waals surface area contributed by atoms with Crippen LogP contribution in [0.15, 0.2) is 0 Å². The maximum Gasteiger partial charge on any atom is 0.312 e. The fourth-order valence-corrected chi connectivity index (χ4v) is 1.28. The van der Waals surface area contributed by atoms with Crippen LogP contribution in [0.1, 0.15) is 0 Å². The highest BCUT2D eigenvalue weighted by Crippen LogP contribution is 2.09. The molecule has 0 aromatic heterocycles. The van der Waals surface area contributed by atoms with Gasteiger partial charge in [0.2, 0.25) is 5.79 Å². The lowest BCUT2D eigenvalue weighted by Gasteiger charge is -2.30. The molecule has 0 aliphatic heterocycles. The molecule has 0 aromatic rings. The number of primary amides is 1. The Kier molecular flexibility index (Phi) is 5.63. The van der Waals surface area contributed by atoms with Gasteiger partial charge < -0.3 is 25.0 Å². The number of hydrogen-bond acceptors (Lipinski definition) is 4. The SMILES string of the molecule is COC(CNC(N)=O)(CO[SiH3])OC. The summed E-state index contributed by atoms with van der Waals surface area (Å²) < 4.78 is 15.2. The van der Waals surface area contributed by atoms with Gasteiger partial charge in [0.15, 0.2) is 0 Å². The molecule has 0 heterocycles. The molecular formula is C6H16N2O4Si. The highest BCUT2D eigenvalue weighted by atomic mass is 28.2. The molecule has 2 amide bonds. The van der Waals surface area contributed by atoms with Gasteiger partial charge in [-0.05, 0) is 0 Å². The lowest BCUT2D eigenvalue weighted by Crippen LogP contribution is -2.50. The van der Waals surface area contributed by atoms with E-state index >= 15 is 0 Å². The second-order valence-electron chi connectivity index (χ2n) is 2.47. The third kappa shape index (κ3) is 4.22. The molecule has 7 heteroatoms. The summed E-state index contributed by atoms with van der Waals surface area (Å²) in [4.78, 5) is 10.4. The molecule has 0 bridgehead atoms. The Morgan fingerprint density at radius 3 is 2.38 bits per heavy atom. The molecule has 0 spiro atoms. The minimum absolute atomic E-state index is 0.164. The fraction of sp³-hybridized carbons (Fsp3) is 0.833. The van der Waals surface area contributed by atoms with Crippen LogP contribution in [0.5, 0.6) is 0 Å². The number of urea groups is 1. The van der Waals surface area contributed by atoms with Crippen LogP contribution in [0.3, 0.4) is 0 Å². The predicted molar refractivity (Wildman–Crippen MR) is 50.2 cm³/mol. The molecule has 0 radical (unpaired) electrons. The van der Waals surface area contributed by atoms with Crippen molar-refractivity contribution < 1.29 is 18.7 Å². The molecule has 3 N–H and O–H groups in total. The number of nitrogens with one attached hydrogen (secondary N) is 1. The monoisotopic (exact) mass is 208 g/mol. The Balaban J connectivity index is 4.12. The van der Waals surface area contributed by atoms with E-state index < -0.39 is 11.8 Å². The van der Waals surface area contributed by atoms with Crippen molar-refractivity contribution in [3.05, 3.63) is 0 Å². The van der Waals surface area contributed by atoms with E-state index in [9.17, 15) is 4.79 Å². The Hall–Kier alpha value is -0.633. The molecule has 0 atom stereocenters.